The van der Waals surface area contributed by atoms with Gasteiger partial charge < -0.3 is 9.64 Å². The normalized spacial score (nSPS) is 17.1. The fourth-order valence-corrected chi connectivity index (χ4v) is 2.66. The third-order valence-corrected chi connectivity index (χ3v) is 4.00. The van der Waals surface area contributed by atoms with Crippen LogP contribution in [0.2, 0.25) is 0 Å². The molecule has 1 unspecified atom stereocenters. The van der Waals surface area contributed by atoms with E-state index in [4.69, 9.17) is 0 Å². The summed E-state index contributed by atoms with van der Waals surface area (Å²) in [5.74, 6) is -0.527. The maximum atomic E-state index is 13.9. The topological polar surface area (TPSA) is 46.6 Å². The number of hydrogen-bond donors (Lipinski definition) is 0. The zero-order valence-corrected chi connectivity index (χ0v) is 13.1. The number of unbranched alkanes of at least 4 members (excludes halogenated alkanes) is 3. The molecule has 0 aromatic heterocycles. The molecule has 0 aliphatic carbocycles. The van der Waals surface area contributed by atoms with Crippen LogP contribution in [0, 0.1) is 0 Å². The van der Waals surface area contributed by atoms with Crippen LogP contribution in [0.3, 0.4) is 0 Å². The number of halogens is 1. The molecule has 1 fully saturated rings. The molecule has 1 heterocycles. The number of hydrogen-bond acceptors (Lipinski definition) is 3. The quantitative estimate of drug-likeness (QED) is 0.511. The molecule has 0 radical (unpaired) electrons. The first-order valence-electron chi connectivity index (χ1n) is 8.15. The molecule has 1 aliphatic heterocycles. The molecule has 21 heavy (non-hydrogen) atoms. The first kappa shape index (κ1) is 17.9. The molecule has 4 nitrogen and oxygen atoms in total. The third-order valence-electron chi connectivity index (χ3n) is 4.00. The molecule has 1 amide bonds. The summed E-state index contributed by atoms with van der Waals surface area (Å²) in [6.45, 7) is 1.41. The summed E-state index contributed by atoms with van der Waals surface area (Å²) in [5.41, 5.74) is 0. The van der Waals surface area contributed by atoms with Gasteiger partial charge in [-0.1, -0.05) is 32.1 Å². The second-order valence-electron chi connectivity index (χ2n) is 5.74. The lowest BCUT2D eigenvalue weighted by molar-refractivity contribution is -0.140. The average Bonchev–Trinajstić information content (AvgIpc) is 2.78. The van der Waals surface area contributed by atoms with Gasteiger partial charge in [-0.3, -0.25) is 9.59 Å². The Bertz CT molecular complexity index is 315. The monoisotopic (exact) mass is 301 g/mol. The third kappa shape index (κ3) is 7.44. The number of esters is 1. The van der Waals surface area contributed by atoms with E-state index < -0.39 is 6.17 Å². The number of alkyl halides is 1. The van der Waals surface area contributed by atoms with Crippen molar-refractivity contribution >= 4 is 11.9 Å². The molecular formula is C16H28FNO3. The predicted octanol–water partition coefficient (Wildman–Crippen LogP) is 3.24. The molecule has 0 spiro atoms. The van der Waals surface area contributed by atoms with E-state index in [0.717, 1.165) is 44.9 Å². The maximum absolute atomic E-state index is 13.9. The van der Waals surface area contributed by atoms with E-state index in [-0.39, 0.29) is 11.9 Å². The Morgan fingerprint density at radius 3 is 2.29 bits per heavy atom. The number of ether oxygens (including phenoxy) is 1. The molecule has 0 aromatic rings. The molecule has 0 bridgehead atoms. The Kier molecular flexibility index (Phi) is 9.02. The van der Waals surface area contributed by atoms with E-state index in [0.29, 0.717) is 32.4 Å². The van der Waals surface area contributed by atoms with E-state index in [1.54, 1.807) is 4.90 Å². The Hall–Kier alpha value is -1.13. The molecule has 0 aromatic carbocycles. The Morgan fingerprint density at radius 2 is 1.67 bits per heavy atom. The first-order chi connectivity index (χ1) is 10.1. The molecular weight excluding hydrogens is 273 g/mol. The van der Waals surface area contributed by atoms with Gasteiger partial charge in [0.25, 0.3) is 5.91 Å². The minimum Gasteiger partial charge on any atom is -0.469 e. The van der Waals surface area contributed by atoms with E-state index >= 15 is 0 Å². The number of carbonyl (C=O) groups is 2. The van der Waals surface area contributed by atoms with Gasteiger partial charge in [-0.05, 0) is 25.7 Å². The Labute approximate surface area is 127 Å². The Morgan fingerprint density at radius 1 is 1.05 bits per heavy atom. The van der Waals surface area contributed by atoms with Crippen molar-refractivity contribution in [2.75, 3.05) is 20.2 Å². The van der Waals surface area contributed by atoms with Gasteiger partial charge in [0.15, 0.2) is 6.17 Å². The van der Waals surface area contributed by atoms with Crippen LogP contribution < -0.4 is 0 Å². The number of carbonyl (C=O) groups excluding carboxylic acids is 2. The van der Waals surface area contributed by atoms with E-state index in [1.165, 1.54) is 7.11 Å². The second-order valence-corrected chi connectivity index (χ2v) is 5.74. The predicted molar refractivity (Wildman–Crippen MR) is 79.7 cm³/mol. The molecule has 5 heteroatoms. The van der Waals surface area contributed by atoms with Gasteiger partial charge in [0.1, 0.15) is 0 Å². The molecule has 1 rings (SSSR count). The van der Waals surface area contributed by atoms with Gasteiger partial charge in [-0.25, -0.2) is 4.39 Å². The maximum Gasteiger partial charge on any atom is 0.305 e. The van der Waals surface area contributed by atoms with E-state index in [1.807, 2.05) is 0 Å². The minimum absolute atomic E-state index is 0.199. The zero-order valence-electron chi connectivity index (χ0n) is 13.1. The van der Waals surface area contributed by atoms with Crippen LogP contribution in [0.1, 0.15) is 64.2 Å². The van der Waals surface area contributed by atoms with E-state index in [2.05, 4.69) is 4.74 Å². The van der Waals surface area contributed by atoms with Crippen molar-refractivity contribution in [1.29, 1.82) is 0 Å². The highest BCUT2D eigenvalue weighted by Crippen LogP contribution is 2.15. The van der Waals surface area contributed by atoms with Crippen molar-refractivity contribution in [1.82, 2.24) is 4.90 Å². The van der Waals surface area contributed by atoms with Gasteiger partial charge >= 0.3 is 5.97 Å². The van der Waals surface area contributed by atoms with Crippen molar-refractivity contribution in [2.45, 2.75) is 70.4 Å². The number of methoxy groups -OCH3 is 1. The number of nitrogens with zero attached hydrogens (tertiary/aromatic N) is 1. The number of rotatable bonds is 8. The van der Waals surface area contributed by atoms with Crippen LogP contribution in [0.25, 0.3) is 0 Å². The number of likely N-dealkylation sites (tertiary alicyclic amines) is 1. The van der Waals surface area contributed by atoms with Crippen molar-refractivity contribution in [3.05, 3.63) is 0 Å². The molecule has 0 saturated carbocycles. The van der Waals surface area contributed by atoms with Gasteiger partial charge in [-0.15, -0.1) is 0 Å². The van der Waals surface area contributed by atoms with Gasteiger partial charge in [0.2, 0.25) is 0 Å². The standard InChI is InChI=1S/C16H28FNO3/c1-21-15(19)11-7-3-2-6-10-14(17)16(20)18-12-8-4-5-9-13-18/h14H,2-13H2,1H3. The summed E-state index contributed by atoms with van der Waals surface area (Å²) in [5, 5.41) is 0. The second kappa shape index (κ2) is 10.6. The smallest absolute Gasteiger partial charge is 0.305 e. The fourth-order valence-electron chi connectivity index (χ4n) is 2.66. The van der Waals surface area contributed by atoms with Crippen molar-refractivity contribution in [3.63, 3.8) is 0 Å². The highest BCUT2D eigenvalue weighted by atomic mass is 19.1. The number of amides is 1. The molecule has 1 aliphatic rings. The lowest BCUT2D eigenvalue weighted by atomic mass is 10.1. The fraction of sp³-hybridized carbons (Fsp3) is 0.875. The van der Waals surface area contributed by atoms with Crippen molar-refractivity contribution in [2.24, 2.45) is 0 Å². The summed E-state index contributed by atoms with van der Waals surface area (Å²) in [6.07, 6.45) is 6.81. The molecule has 0 N–H and O–H groups in total. The summed E-state index contributed by atoms with van der Waals surface area (Å²) >= 11 is 0. The first-order valence-corrected chi connectivity index (χ1v) is 8.15. The molecule has 1 saturated heterocycles. The summed E-state index contributed by atoms with van der Waals surface area (Å²) < 4.78 is 18.5. The molecule has 122 valence electrons. The van der Waals surface area contributed by atoms with Crippen LogP contribution in [0.15, 0.2) is 0 Å². The van der Waals surface area contributed by atoms with E-state index in [9.17, 15) is 14.0 Å². The van der Waals surface area contributed by atoms with Crippen LogP contribution in [0.4, 0.5) is 4.39 Å². The zero-order chi connectivity index (χ0) is 15.5. The van der Waals surface area contributed by atoms with Crippen LogP contribution in [0.5, 0.6) is 0 Å². The van der Waals surface area contributed by atoms with Crippen LogP contribution in [-0.2, 0) is 14.3 Å². The summed E-state index contributed by atoms with van der Waals surface area (Å²) in [6, 6.07) is 0. The SMILES string of the molecule is COC(=O)CCCCCCC(F)C(=O)N1CCCCCC1. The highest BCUT2D eigenvalue weighted by molar-refractivity contribution is 5.80. The van der Waals surface area contributed by atoms with Crippen molar-refractivity contribution in [3.8, 4) is 0 Å². The van der Waals surface area contributed by atoms with Gasteiger partial charge in [0.05, 0.1) is 7.11 Å². The summed E-state index contributed by atoms with van der Waals surface area (Å²) in [4.78, 5) is 24.6. The highest BCUT2D eigenvalue weighted by Gasteiger charge is 2.23. The largest absolute Gasteiger partial charge is 0.469 e. The van der Waals surface area contributed by atoms with Crippen molar-refractivity contribution < 1.29 is 18.7 Å². The Balaban J connectivity index is 2.10. The van der Waals surface area contributed by atoms with Gasteiger partial charge in [0, 0.05) is 19.5 Å². The average molecular weight is 301 g/mol. The van der Waals surface area contributed by atoms with Crippen LogP contribution >= 0.6 is 0 Å². The minimum atomic E-state index is -1.36. The lowest BCUT2D eigenvalue weighted by Crippen LogP contribution is -2.37. The van der Waals surface area contributed by atoms with Gasteiger partial charge in [-0.2, -0.15) is 0 Å². The molecule has 1 atom stereocenters. The lowest BCUT2D eigenvalue weighted by Gasteiger charge is -2.22. The van der Waals surface area contributed by atoms with Crippen LogP contribution in [-0.4, -0.2) is 43.1 Å². The summed E-state index contributed by atoms with van der Waals surface area (Å²) in [7, 11) is 1.38.